The molecule has 1 heteroatoms. The molecule has 0 amide bonds. The molecule has 1 nitrogen and oxygen atoms in total. The van der Waals surface area contributed by atoms with Crippen molar-refractivity contribution in [3.63, 3.8) is 0 Å². The smallest absolute Gasteiger partial charge is 0.0273 e. The maximum Gasteiger partial charge on any atom is 0.0273 e. The Morgan fingerprint density at radius 2 is 2.33 bits per heavy atom. The second kappa shape index (κ2) is 4.66. The summed E-state index contributed by atoms with van der Waals surface area (Å²) in [4.78, 5) is 0. The molecule has 0 radical (unpaired) electrons. The maximum absolute atomic E-state index is 3.86. The predicted molar refractivity (Wildman–Crippen MR) is 54.2 cm³/mol. The molecule has 1 rings (SSSR count). The summed E-state index contributed by atoms with van der Waals surface area (Å²) in [7, 11) is 2.03. The fourth-order valence-corrected chi connectivity index (χ4v) is 2.36. The average Bonchev–Trinajstić information content (AvgIpc) is 2.55. The van der Waals surface area contributed by atoms with Crippen molar-refractivity contribution in [2.75, 3.05) is 7.05 Å². The Morgan fingerprint density at radius 3 is 2.75 bits per heavy atom. The van der Waals surface area contributed by atoms with E-state index in [9.17, 15) is 0 Å². The zero-order valence-electron chi connectivity index (χ0n) is 8.34. The van der Waals surface area contributed by atoms with E-state index >= 15 is 0 Å². The van der Waals surface area contributed by atoms with Gasteiger partial charge in [0.15, 0.2) is 0 Å². The molecule has 0 aromatic rings. The number of nitrogens with one attached hydrogen (secondary N) is 1. The standard InChI is InChI=1S/C11H21N/c1-4-9-6-7-10(8-9)11(5-2)12-3/h5,9-12H,2,4,6-8H2,1,3H3. The summed E-state index contributed by atoms with van der Waals surface area (Å²) in [5.74, 6) is 1.82. The van der Waals surface area contributed by atoms with Crippen LogP contribution in [0, 0.1) is 11.8 Å². The second-order valence-electron chi connectivity index (χ2n) is 3.90. The van der Waals surface area contributed by atoms with E-state index in [1.807, 2.05) is 7.05 Å². The quantitative estimate of drug-likeness (QED) is 0.635. The van der Waals surface area contributed by atoms with Gasteiger partial charge in [0.05, 0.1) is 0 Å². The van der Waals surface area contributed by atoms with Gasteiger partial charge < -0.3 is 5.32 Å². The molecule has 1 fully saturated rings. The van der Waals surface area contributed by atoms with Crippen molar-refractivity contribution in [2.24, 2.45) is 11.8 Å². The average molecular weight is 167 g/mol. The Bertz CT molecular complexity index is 142. The van der Waals surface area contributed by atoms with Crippen LogP contribution < -0.4 is 5.32 Å². The summed E-state index contributed by atoms with van der Waals surface area (Å²) < 4.78 is 0. The Balaban J connectivity index is 2.39. The van der Waals surface area contributed by atoms with E-state index in [2.05, 4.69) is 24.9 Å². The summed E-state index contributed by atoms with van der Waals surface area (Å²) in [6.45, 7) is 6.17. The van der Waals surface area contributed by atoms with E-state index in [4.69, 9.17) is 0 Å². The molecular weight excluding hydrogens is 146 g/mol. The summed E-state index contributed by atoms with van der Waals surface area (Å²) in [5, 5.41) is 3.32. The van der Waals surface area contributed by atoms with Crippen molar-refractivity contribution in [1.82, 2.24) is 5.32 Å². The molecule has 0 aliphatic heterocycles. The maximum atomic E-state index is 3.86. The molecule has 1 N–H and O–H groups in total. The van der Waals surface area contributed by atoms with Gasteiger partial charge in [0.25, 0.3) is 0 Å². The van der Waals surface area contributed by atoms with Gasteiger partial charge in [-0.3, -0.25) is 0 Å². The topological polar surface area (TPSA) is 12.0 Å². The van der Waals surface area contributed by atoms with Crippen LogP contribution in [-0.2, 0) is 0 Å². The first-order valence-electron chi connectivity index (χ1n) is 5.11. The molecule has 0 saturated heterocycles. The molecule has 0 spiro atoms. The number of likely N-dealkylation sites (N-methyl/N-ethyl adjacent to an activating group) is 1. The number of hydrogen-bond acceptors (Lipinski definition) is 1. The lowest BCUT2D eigenvalue weighted by Crippen LogP contribution is -2.29. The Hall–Kier alpha value is -0.300. The molecule has 0 heterocycles. The van der Waals surface area contributed by atoms with Crippen LogP contribution >= 0.6 is 0 Å². The van der Waals surface area contributed by atoms with Crippen LogP contribution in [0.2, 0.25) is 0 Å². The van der Waals surface area contributed by atoms with Gasteiger partial charge in [-0.25, -0.2) is 0 Å². The zero-order chi connectivity index (χ0) is 8.97. The molecule has 1 aliphatic carbocycles. The van der Waals surface area contributed by atoms with E-state index in [-0.39, 0.29) is 0 Å². The fourth-order valence-electron chi connectivity index (χ4n) is 2.36. The molecule has 0 bridgehead atoms. The van der Waals surface area contributed by atoms with Gasteiger partial charge in [-0.05, 0) is 31.7 Å². The predicted octanol–water partition coefficient (Wildman–Crippen LogP) is 2.59. The summed E-state index contributed by atoms with van der Waals surface area (Å²) in [5.41, 5.74) is 0. The van der Waals surface area contributed by atoms with Crippen LogP contribution in [0.4, 0.5) is 0 Å². The molecule has 1 aliphatic rings. The SMILES string of the molecule is C=CC(NC)C1CCC(CC)C1. The van der Waals surface area contributed by atoms with E-state index in [0.717, 1.165) is 11.8 Å². The highest BCUT2D eigenvalue weighted by Gasteiger charge is 2.27. The molecule has 12 heavy (non-hydrogen) atoms. The van der Waals surface area contributed by atoms with E-state index in [0.29, 0.717) is 6.04 Å². The van der Waals surface area contributed by atoms with Crippen LogP contribution in [0.3, 0.4) is 0 Å². The first kappa shape index (κ1) is 9.79. The van der Waals surface area contributed by atoms with Crippen LogP contribution in [0.5, 0.6) is 0 Å². The van der Waals surface area contributed by atoms with Crippen molar-refractivity contribution < 1.29 is 0 Å². The molecule has 3 unspecified atom stereocenters. The van der Waals surface area contributed by atoms with Gasteiger partial charge >= 0.3 is 0 Å². The van der Waals surface area contributed by atoms with Crippen molar-refractivity contribution in [3.8, 4) is 0 Å². The molecule has 0 aromatic carbocycles. The lowest BCUT2D eigenvalue weighted by atomic mass is 9.96. The first-order chi connectivity index (χ1) is 5.81. The van der Waals surface area contributed by atoms with E-state index < -0.39 is 0 Å². The molecule has 1 saturated carbocycles. The van der Waals surface area contributed by atoms with Gasteiger partial charge in [0, 0.05) is 6.04 Å². The summed E-state index contributed by atoms with van der Waals surface area (Å²) in [6, 6.07) is 0.543. The van der Waals surface area contributed by atoms with Crippen LogP contribution in [-0.4, -0.2) is 13.1 Å². The number of rotatable bonds is 4. The fraction of sp³-hybridized carbons (Fsp3) is 0.818. The third-order valence-electron chi connectivity index (χ3n) is 3.25. The second-order valence-corrected chi connectivity index (χ2v) is 3.90. The molecule has 0 aromatic heterocycles. The lowest BCUT2D eigenvalue weighted by Gasteiger charge is -2.19. The minimum absolute atomic E-state index is 0.543. The van der Waals surface area contributed by atoms with Gasteiger partial charge in [-0.15, -0.1) is 6.58 Å². The lowest BCUT2D eigenvalue weighted by molar-refractivity contribution is 0.413. The Morgan fingerprint density at radius 1 is 1.58 bits per heavy atom. The van der Waals surface area contributed by atoms with E-state index in [1.165, 1.54) is 25.7 Å². The highest BCUT2D eigenvalue weighted by Crippen LogP contribution is 2.34. The summed E-state index contributed by atoms with van der Waals surface area (Å²) >= 11 is 0. The first-order valence-corrected chi connectivity index (χ1v) is 5.11. The highest BCUT2D eigenvalue weighted by molar-refractivity contribution is 4.93. The van der Waals surface area contributed by atoms with Crippen LogP contribution in [0.25, 0.3) is 0 Å². The van der Waals surface area contributed by atoms with Gasteiger partial charge in [-0.1, -0.05) is 25.8 Å². The minimum atomic E-state index is 0.543. The largest absolute Gasteiger partial charge is 0.313 e. The van der Waals surface area contributed by atoms with Crippen molar-refractivity contribution >= 4 is 0 Å². The molecule has 3 atom stereocenters. The normalized spacial score (nSPS) is 31.8. The third kappa shape index (κ3) is 2.10. The third-order valence-corrected chi connectivity index (χ3v) is 3.25. The monoisotopic (exact) mass is 167 g/mol. The zero-order valence-corrected chi connectivity index (χ0v) is 8.34. The highest BCUT2D eigenvalue weighted by atomic mass is 14.9. The number of hydrogen-bond donors (Lipinski definition) is 1. The van der Waals surface area contributed by atoms with Crippen molar-refractivity contribution in [2.45, 2.75) is 38.6 Å². The molecule has 70 valence electrons. The van der Waals surface area contributed by atoms with Crippen LogP contribution in [0.15, 0.2) is 12.7 Å². The van der Waals surface area contributed by atoms with Crippen molar-refractivity contribution in [1.29, 1.82) is 0 Å². The van der Waals surface area contributed by atoms with E-state index in [1.54, 1.807) is 0 Å². The molecular formula is C11H21N. The van der Waals surface area contributed by atoms with Gasteiger partial charge in [0.2, 0.25) is 0 Å². The Labute approximate surface area is 76.2 Å². The Kier molecular flexibility index (Phi) is 3.80. The summed E-state index contributed by atoms with van der Waals surface area (Å²) in [6.07, 6.45) is 7.62. The van der Waals surface area contributed by atoms with Gasteiger partial charge in [0.1, 0.15) is 0 Å². The van der Waals surface area contributed by atoms with Gasteiger partial charge in [-0.2, -0.15) is 0 Å². The minimum Gasteiger partial charge on any atom is -0.313 e. The van der Waals surface area contributed by atoms with Crippen molar-refractivity contribution in [3.05, 3.63) is 12.7 Å². The van der Waals surface area contributed by atoms with Crippen LogP contribution in [0.1, 0.15) is 32.6 Å².